The topological polar surface area (TPSA) is 58.0 Å². The predicted octanol–water partition coefficient (Wildman–Crippen LogP) is 1.96. The molecular weight excluding hydrogens is 247 g/mol. The molecule has 2 rings (SSSR count). The molecule has 1 aromatic heterocycles. The molecule has 19 heavy (non-hydrogen) atoms. The molecule has 0 unspecified atom stereocenters. The van der Waals surface area contributed by atoms with E-state index in [2.05, 4.69) is 5.10 Å². The molecule has 102 valence electrons. The third-order valence-electron chi connectivity index (χ3n) is 3.02. The Labute approximate surface area is 110 Å². The van der Waals surface area contributed by atoms with E-state index >= 15 is 0 Å². The zero-order chi connectivity index (χ0) is 14.0. The van der Waals surface area contributed by atoms with Gasteiger partial charge in [-0.2, -0.15) is 0 Å². The van der Waals surface area contributed by atoms with Crippen LogP contribution in [0.2, 0.25) is 0 Å². The van der Waals surface area contributed by atoms with Gasteiger partial charge < -0.3 is 5.11 Å². The average Bonchev–Trinajstić information content (AvgIpc) is 2.68. The molecule has 0 bridgehead atoms. The minimum Gasteiger partial charge on any atom is -0.396 e. The third-order valence-corrected chi connectivity index (χ3v) is 3.02. The van der Waals surface area contributed by atoms with Crippen LogP contribution >= 0.6 is 0 Å². The number of aliphatic hydroxyl groups excluding tert-OH is 1. The van der Waals surface area contributed by atoms with Crippen LogP contribution in [0, 0.1) is 5.82 Å². The minimum atomic E-state index is -0.395. The van der Waals surface area contributed by atoms with Gasteiger partial charge in [0.05, 0.1) is 5.69 Å². The summed E-state index contributed by atoms with van der Waals surface area (Å²) in [6.45, 7) is 3.83. The standard InChI is InChI=1S/C14H17FN2O2/c1-9(2)13-12(6-7-18)14(19)17(16-13)11-5-3-4-10(15)8-11/h3-5,8-9,16,18H,6-7H2,1-2H3. The summed E-state index contributed by atoms with van der Waals surface area (Å²) in [5.74, 6) is -0.266. The van der Waals surface area contributed by atoms with Crippen LogP contribution in [0.3, 0.4) is 0 Å². The van der Waals surface area contributed by atoms with Crippen molar-refractivity contribution in [1.29, 1.82) is 0 Å². The van der Waals surface area contributed by atoms with Crippen LogP contribution in [0.4, 0.5) is 4.39 Å². The van der Waals surface area contributed by atoms with E-state index in [0.29, 0.717) is 17.7 Å². The summed E-state index contributed by atoms with van der Waals surface area (Å²) in [4.78, 5) is 12.3. The molecule has 1 heterocycles. The monoisotopic (exact) mass is 264 g/mol. The molecule has 5 heteroatoms. The van der Waals surface area contributed by atoms with E-state index in [1.54, 1.807) is 12.1 Å². The molecule has 2 aromatic rings. The Morgan fingerprint density at radius 2 is 2.16 bits per heavy atom. The van der Waals surface area contributed by atoms with Gasteiger partial charge in [0.2, 0.25) is 0 Å². The molecule has 0 saturated heterocycles. The van der Waals surface area contributed by atoms with Crippen molar-refractivity contribution in [3.05, 3.63) is 51.7 Å². The summed E-state index contributed by atoms with van der Waals surface area (Å²) in [6, 6.07) is 5.84. The number of aromatic amines is 1. The first-order valence-corrected chi connectivity index (χ1v) is 6.25. The summed E-state index contributed by atoms with van der Waals surface area (Å²) in [5.41, 5.74) is 1.56. The van der Waals surface area contributed by atoms with Gasteiger partial charge in [-0.25, -0.2) is 9.07 Å². The summed E-state index contributed by atoms with van der Waals surface area (Å²) in [7, 11) is 0. The van der Waals surface area contributed by atoms with Gasteiger partial charge in [0.1, 0.15) is 5.82 Å². The molecule has 1 aromatic carbocycles. The van der Waals surface area contributed by atoms with Crippen molar-refractivity contribution in [2.75, 3.05) is 6.61 Å². The second kappa shape index (κ2) is 5.40. The molecular formula is C14H17FN2O2. The number of aliphatic hydroxyl groups is 1. The number of halogens is 1. The lowest BCUT2D eigenvalue weighted by molar-refractivity contribution is 0.299. The number of nitrogens with one attached hydrogen (secondary N) is 1. The lowest BCUT2D eigenvalue weighted by Crippen LogP contribution is -2.18. The van der Waals surface area contributed by atoms with Gasteiger partial charge in [0.25, 0.3) is 5.56 Å². The van der Waals surface area contributed by atoms with Crippen LogP contribution in [0.25, 0.3) is 5.69 Å². The highest BCUT2D eigenvalue weighted by Crippen LogP contribution is 2.17. The normalized spacial score (nSPS) is 11.2. The van der Waals surface area contributed by atoms with Crippen LogP contribution < -0.4 is 5.56 Å². The fourth-order valence-electron chi connectivity index (χ4n) is 2.12. The molecule has 4 nitrogen and oxygen atoms in total. The van der Waals surface area contributed by atoms with E-state index in [1.165, 1.54) is 16.8 Å². The molecule has 0 saturated carbocycles. The average molecular weight is 264 g/mol. The molecule has 0 aliphatic rings. The summed E-state index contributed by atoms with van der Waals surface area (Å²) in [6.07, 6.45) is 0.297. The van der Waals surface area contributed by atoms with E-state index < -0.39 is 5.82 Å². The number of H-pyrrole nitrogens is 1. The second-order valence-corrected chi connectivity index (χ2v) is 4.75. The first-order valence-electron chi connectivity index (χ1n) is 6.25. The highest BCUT2D eigenvalue weighted by Gasteiger charge is 2.17. The zero-order valence-electron chi connectivity index (χ0n) is 11.0. The van der Waals surface area contributed by atoms with Crippen LogP contribution in [0.5, 0.6) is 0 Å². The van der Waals surface area contributed by atoms with Gasteiger partial charge in [-0.15, -0.1) is 0 Å². The van der Waals surface area contributed by atoms with Crippen LogP contribution in [-0.2, 0) is 6.42 Å². The van der Waals surface area contributed by atoms with Gasteiger partial charge in [0, 0.05) is 24.3 Å². The molecule has 0 atom stereocenters. The van der Waals surface area contributed by atoms with E-state index in [0.717, 1.165) is 5.69 Å². The molecule has 0 fully saturated rings. The predicted molar refractivity (Wildman–Crippen MR) is 71.2 cm³/mol. The van der Waals surface area contributed by atoms with Crippen molar-refractivity contribution in [3.63, 3.8) is 0 Å². The fourth-order valence-corrected chi connectivity index (χ4v) is 2.12. The summed E-state index contributed by atoms with van der Waals surface area (Å²) in [5, 5.41) is 12.1. The largest absolute Gasteiger partial charge is 0.396 e. The van der Waals surface area contributed by atoms with Crippen LogP contribution in [-0.4, -0.2) is 21.5 Å². The van der Waals surface area contributed by atoms with Crippen molar-refractivity contribution >= 4 is 0 Å². The Balaban J connectivity index is 2.59. The van der Waals surface area contributed by atoms with Crippen molar-refractivity contribution in [2.24, 2.45) is 0 Å². The Kier molecular flexibility index (Phi) is 3.85. The maximum atomic E-state index is 13.2. The molecule has 0 amide bonds. The molecule has 0 radical (unpaired) electrons. The van der Waals surface area contributed by atoms with Crippen molar-refractivity contribution in [3.8, 4) is 5.69 Å². The van der Waals surface area contributed by atoms with Gasteiger partial charge in [-0.1, -0.05) is 19.9 Å². The number of hydrogen-bond acceptors (Lipinski definition) is 2. The molecule has 0 aliphatic heterocycles. The Bertz CT molecular complexity index is 629. The molecule has 0 aliphatic carbocycles. The lowest BCUT2D eigenvalue weighted by atomic mass is 10.0. The van der Waals surface area contributed by atoms with Gasteiger partial charge >= 0.3 is 0 Å². The van der Waals surface area contributed by atoms with Gasteiger partial charge in [0.15, 0.2) is 0 Å². The molecule has 2 N–H and O–H groups in total. The number of rotatable bonds is 4. The number of aromatic nitrogens is 2. The lowest BCUT2D eigenvalue weighted by Gasteiger charge is -2.04. The number of benzene rings is 1. The summed E-state index contributed by atoms with van der Waals surface area (Å²) < 4.78 is 14.6. The van der Waals surface area contributed by atoms with E-state index in [4.69, 9.17) is 5.11 Å². The zero-order valence-corrected chi connectivity index (χ0v) is 11.0. The highest BCUT2D eigenvalue weighted by molar-refractivity contribution is 5.34. The number of nitrogens with zero attached hydrogens (tertiary/aromatic N) is 1. The van der Waals surface area contributed by atoms with E-state index in [9.17, 15) is 9.18 Å². The van der Waals surface area contributed by atoms with Crippen molar-refractivity contribution in [1.82, 2.24) is 9.78 Å². The van der Waals surface area contributed by atoms with Crippen molar-refractivity contribution < 1.29 is 9.50 Å². The first kappa shape index (κ1) is 13.5. The minimum absolute atomic E-state index is 0.0873. The fraction of sp³-hybridized carbons (Fsp3) is 0.357. The van der Waals surface area contributed by atoms with E-state index in [-0.39, 0.29) is 18.1 Å². The molecule has 0 spiro atoms. The van der Waals surface area contributed by atoms with Gasteiger partial charge in [-0.05, 0) is 24.1 Å². The van der Waals surface area contributed by atoms with Gasteiger partial charge in [-0.3, -0.25) is 9.89 Å². The second-order valence-electron chi connectivity index (χ2n) is 4.75. The first-order chi connectivity index (χ1) is 9.04. The Morgan fingerprint density at radius 1 is 1.42 bits per heavy atom. The summed E-state index contributed by atoms with van der Waals surface area (Å²) >= 11 is 0. The van der Waals surface area contributed by atoms with Crippen LogP contribution in [0.1, 0.15) is 31.0 Å². The highest BCUT2D eigenvalue weighted by atomic mass is 19.1. The van der Waals surface area contributed by atoms with E-state index in [1.807, 2.05) is 13.8 Å². The quantitative estimate of drug-likeness (QED) is 0.887. The third kappa shape index (κ3) is 2.61. The maximum Gasteiger partial charge on any atom is 0.274 e. The maximum absolute atomic E-state index is 13.2. The number of hydrogen-bond donors (Lipinski definition) is 2. The Morgan fingerprint density at radius 3 is 2.74 bits per heavy atom. The SMILES string of the molecule is CC(C)c1[nH]n(-c2cccc(F)c2)c(=O)c1CCO. The smallest absolute Gasteiger partial charge is 0.274 e. The van der Waals surface area contributed by atoms with Crippen LogP contribution in [0.15, 0.2) is 29.1 Å². The Hall–Kier alpha value is -1.88. The van der Waals surface area contributed by atoms with Crippen molar-refractivity contribution in [2.45, 2.75) is 26.2 Å².